The van der Waals surface area contributed by atoms with E-state index >= 15 is 0 Å². The van der Waals surface area contributed by atoms with Gasteiger partial charge in [0.15, 0.2) is 5.11 Å². The highest BCUT2D eigenvalue weighted by atomic mass is 35.5. The minimum absolute atomic E-state index is 0.0426. The summed E-state index contributed by atoms with van der Waals surface area (Å²) in [4.78, 5) is 14.2. The second-order valence-electron chi connectivity index (χ2n) is 6.11. The molecular weight excluding hydrogens is 353 g/mol. The van der Waals surface area contributed by atoms with Gasteiger partial charge < -0.3 is 15.5 Å². The molecule has 7 heteroatoms. The van der Waals surface area contributed by atoms with Crippen LogP contribution in [0.15, 0.2) is 18.2 Å². The summed E-state index contributed by atoms with van der Waals surface area (Å²) in [6.45, 7) is 0.717. The molecule has 1 heterocycles. The number of benzene rings is 1. The minimum Gasteiger partial charge on any atom is -0.357 e. The average Bonchev–Trinajstić information content (AvgIpc) is 3.12. The quantitative estimate of drug-likeness (QED) is 0.792. The second kappa shape index (κ2) is 7.24. The Bertz CT molecular complexity index is 619. The Morgan fingerprint density at radius 1 is 1.26 bits per heavy atom. The van der Waals surface area contributed by atoms with Gasteiger partial charge in [0, 0.05) is 24.0 Å². The zero-order chi connectivity index (χ0) is 16.4. The first-order valence-corrected chi connectivity index (χ1v) is 9.01. The van der Waals surface area contributed by atoms with Crippen molar-refractivity contribution in [3.63, 3.8) is 0 Å². The van der Waals surface area contributed by atoms with Crippen LogP contribution in [0.1, 0.15) is 32.1 Å². The van der Waals surface area contributed by atoms with Crippen LogP contribution >= 0.6 is 35.4 Å². The van der Waals surface area contributed by atoms with E-state index in [-0.39, 0.29) is 11.9 Å². The van der Waals surface area contributed by atoms with Gasteiger partial charge in [-0.3, -0.25) is 4.79 Å². The molecule has 1 atom stereocenters. The summed E-state index contributed by atoms with van der Waals surface area (Å²) in [7, 11) is 0. The molecule has 2 N–H and O–H groups in total. The minimum atomic E-state index is 0.0426. The molecule has 1 aliphatic carbocycles. The van der Waals surface area contributed by atoms with Crippen molar-refractivity contribution in [2.75, 3.05) is 11.9 Å². The number of anilines is 1. The number of nitrogens with zero attached hydrogens (tertiary/aromatic N) is 1. The van der Waals surface area contributed by atoms with Gasteiger partial charge in [-0.1, -0.05) is 36.0 Å². The van der Waals surface area contributed by atoms with Gasteiger partial charge in [0.1, 0.15) is 0 Å². The summed E-state index contributed by atoms with van der Waals surface area (Å²) in [6.07, 6.45) is 5.18. The summed E-state index contributed by atoms with van der Waals surface area (Å²) < 4.78 is 0. The summed E-state index contributed by atoms with van der Waals surface area (Å²) in [6, 6.07) is 5.62. The molecule has 1 unspecified atom stereocenters. The lowest BCUT2D eigenvalue weighted by atomic mass is 10.2. The molecule has 0 radical (unpaired) electrons. The van der Waals surface area contributed by atoms with Gasteiger partial charge in [-0.05, 0) is 43.3 Å². The molecule has 2 aliphatic rings. The number of thiocarbonyl (C=S) groups is 1. The lowest BCUT2D eigenvalue weighted by Crippen LogP contribution is -2.41. The first kappa shape index (κ1) is 16.8. The van der Waals surface area contributed by atoms with E-state index in [1.165, 1.54) is 12.8 Å². The molecule has 4 nitrogen and oxygen atoms in total. The van der Waals surface area contributed by atoms with Crippen molar-refractivity contribution < 1.29 is 4.79 Å². The largest absolute Gasteiger partial charge is 0.357 e. The van der Waals surface area contributed by atoms with E-state index in [1.807, 2.05) is 4.90 Å². The predicted molar refractivity (Wildman–Crippen MR) is 98.2 cm³/mol. The Labute approximate surface area is 151 Å². The van der Waals surface area contributed by atoms with Gasteiger partial charge in [-0.25, -0.2) is 0 Å². The molecule has 1 saturated heterocycles. The van der Waals surface area contributed by atoms with Gasteiger partial charge in [-0.15, -0.1) is 0 Å². The molecule has 2 fully saturated rings. The van der Waals surface area contributed by atoms with Gasteiger partial charge in [0.05, 0.1) is 16.8 Å². The fourth-order valence-corrected chi connectivity index (χ4v) is 3.95. The summed E-state index contributed by atoms with van der Waals surface area (Å²) in [5, 5.41) is 7.86. The maximum atomic E-state index is 12.2. The number of likely N-dealkylation sites (tertiary alicyclic amines) is 1. The van der Waals surface area contributed by atoms with E-state index in [1.54, 1.807) is 18.2 Å². The lowest BCUT2D eigenvalue weighted by Gasteiger charge is -2.24. The molecule has 1 amide bonds. The van der Waals surface area contributed by atoms with Crippen LogP contribution < -0.4 is 10.6 Å². The third-order valence-corrected chi connectivity index (χ3v) is 5.22. The standard InChI is InChI=1S/C16H19Cl2N3OS/c17-10-5-6-13(18)14(7-10)20-16(23)19-11-8-15(22)21(9-11)12-3-1-2-4-12/h5-7,11-12H,1-4,8-9H2,(H2,19,20,23). The van der Waals surface area contributed by atoms with E-state index in [0.29, 0.717) is 39.9 Å². The highest BCUT2D eigenvalue weighted by Crippen LogP contribution is 2.28. The molecule has 1 aliphatic heterocycles. The van der Waals surface area contributed by atoms with Crippen molar-refractivity contribution >= 4 is 52.1 Å². The van der Waals surface area contributed by atoms with E-state index in [4.69, 9.17) is 35.4 Å². The first-order chi connectivity index (χ1) is 11.0. The van der Waals surface area contributed by atoms with Crippen LogP contribution in [-0.2, 0) is 4.79 Å². The van der Waals surface area contributed by atoms with Gasteiger partial charge in [0.2, 0.25) is 5.91 Å². The average molecular weight is 372 g/mol. The van der Waals surface area contributed by atoms with Crippen LogP contribution in [0.2, 0.25) is 10.0 Å². The molecule has 3 rings (SSSR count). The van der Waals surface area contributed by atoms with Gasteiger partial charge in [0.25, 0.3) is 0 Å². The lowest BCUT2D eigenvalue weighted by molar-refractivity contribution is -0.129. The number of halogens is 2. The number of nitrogens with one attached hydrogen (secondary N) is 2. The highest BCUT2D eigenvalue weighted by Gasteiger charge is 2.35. The van der Waals surface area contributed by atoms with Crippen molar-refractivity contribution in [2.24, 2.45) is 0 Å². The van der Waals surface area contributed by atoms with Crippen LogP contribution in [0.25, 0.3) is 0 Å². The number of rotatable bonds is 3. The molecule has 1 aromatic rings. The van der Waals surface area contributed by atoms with Crippen molar-refractivity contribution in [1.82, 2.24) is 10.2 Å². The molecule has 124 valence electrons. The maximum absolute atomic E-state index is 12.2. The van der Waals surface area contributed by atoms with E-state index in [0.717, 1.165) is 12.8 Å². The number of carbonyl (C=O) groups is 1. The smallest absolute Gasteiger partial charge is 0.225 e. The third kappa shape index (κ3) is 4.08. The summed E-state index contributed by atoms with van der Waals surface area (Å²) in [5.41, 5.74) is 0.661. The highest BCUT2D eigenvalue weighted by molar-refractivity contribution is 7.80. The first-order valence-electron chi connectivity index (χ1n) is 7.85. The topological polar surface area (TPSA) is 44.4 Å². The zero-order valence-electron chi connectivity index (χ0n) is 12.6. The number of amides is 1. The molecule has 0 aromatic heterocycles. The van der Waals surface area contributed by atoms with Crippen molar-refractivity contribution in [2.45, 2.75) is 44.2 Å². The Hall–Kier alpha value is -1.04. The van der Waals surface area contributed by atoms with Crippen molar-refractivity contribution in [3.8, 4) is 0 Å². The Balaban J connectivity index is 1.56. The summed E-state index contributed by atoms with van der Waals surface area (Å²) >= 11 is 17.4. The van der Waals surface area contributed by atoms with Crippen LogP contribution in [-0.4, -0.2) is 34.5 Å². The van der Waals surface area contributed by atoms with Crippen LogP contribution in [0.5, 0.6) is 0 Å². The van der Waals surface area contributed by atoms with Crippen LogP contribution in [0.4, 0.5) is 5.69 Å². The zero-order valence-corrected chi connectivity index (χ0v) is 15.0. The molecule has 23 heavy (non-hydrogen) atoms. The predicted octanol–water partition coefficient (Wildman–Crippen LogP) is 3.82. The molecular formula is C16H19Cl2N3OS. The summed E-state index contributed by atoms with van der Waals surface area (Å²) in [5.74, 6) is 0.220. The Morgan fingerprint density at radius 2 is 2.00 bits per heavy atom. The molecule has 0 spiro atoms. The number of hydrogen-bond donors (Lipinski definition) is 2. The molecule has 0 bridgehead atoms. The maximum Gasteiger partial charge on any atom is 0.225 e. The monoisotopic (exact) mass is 371 g/mol. The fourth-order valence-electron chi connectivity index (χ4n) is 3.33. The molecule has 1 saturated carbocycles. The van der Waals surface area contributed by atoms with Gasteiger partial charge in [-0.2, -0.15) is 0 Å². The van der Waals surface area contributed by atoms with Crippen molar-refractivity contribution in [1.29, 1.82) is 0 Å². The third-order valence-electron chi connectivity index (χ3n) is 4.44. The van der Waals surface area contributed by atoms with Crippen LogP contribution in [0.3, 0.4) is 0 Å². The van der Waals surface area contributed by atoms with E-state index in [9.17, 15) is 4.79 Å². The Morgan fingerprint density at radius 3 is 2.74 bits per heavy atom. The normalized spacial score (nSPS) is 21.7. The number of hydrogen-bond acceptors (Lipinski definition) is 2. The van der Waals surface area contributed by atoms with E-state index in [2.05, 4.69) is 10.6 Å². The second-order valence-corrected chi connectivity index (χ2v) is 7.36. The fraction of sp³-hybridized carbons (Fsp3) is 0.500. The SMILES string of the molecule is O=C1CC(NC(=S)Nc2cc(Cl)ccc2Cl)CN1C1CCCC1. The molecule has 1 aromatic carbocycles. The van der Waals surface area contributed by atoms with Crippen LogP contribution in [0, 0.1) is 0 Å². The van der Waals surface area contributed by atoms with Gasteiger partial charge >= 0.3 is 0 Å². The number of carbonyl (C=O) groups excluding carboxylic acids is 1. The van der Waals surface area contributed by atoms with E-state index < -0.39 is 0 Å². The van der Waals surface area contributed by atoms with Crippen molar-refractivity contribution in [3.05, 3.63) is 28.2 Å². The Kier molecular flexibility index (Phi) is 5.29.